The van der Waals surface area contributed by atoms with E-state index in [0.29, 0.717) is 26.3 Å². The summed E-state index contributed by atoms with van der Waals surface area (Å²) in [5.41, 5.74) is 1.64. The minimum Gasteiger partial charge on any atom is -0.486 e. The number of aryl methyl sites for hydroxylation is 1. The third-order valence-electron chi connectivity index (χ3n) is 4.91. The number of pyridine rings is 1. The van der Waals surface area contributed by atoms with E-state index in [-0.39, 0.29) is 22.9 Å². The zero-order valence-corrected chi connectivity index (χ0v) is 15.3. The number of likely N-dealkylation sites (tertiary alicyclic amines) is 1. The number of fused-ring (bicyclic) bond motifs is 1. The molecule has 0 saturated carbocycles. The normalized spacial score (nSPS) is 18.9. The first kappa shape index (κ1) is 17.5. The van der Waals surface area contributed by atoms with E-state index in [1.165, 1.54) is 12.3 Å². The molecule has 1 amide bonds. The van der Waals surface area contributed by atoms with Gasteiger partial charge in [0.05, 0.1) is 0 Å². The molecule has 2 aliphatic heterocycles. The molecule has 1 unspecified atom stereocenters. The molecular weight excluding hydrogens is 346 g/mol. The third-order valence-corrected chi connectivity index (χ3v) is 4.91. The monoisotopic (exact) mass is 369 g/mol. The van der Waals surface area contributed by atoms with Gasteiger partial charge in [0.1, 0.15) is 18.8 Å². The molecule has 7 heteroatoms. The standard InChI is InChI=1S/C20H23N3O4/c1-13-9-17(24)16(11-21-13)20(25)23-6-2-3-15(12-23)22-14-4-5-18-19(10-14)27-8-7-26-18/h4-5,9-11,15,22H,2-3,6-8,12H2,1H3,(H,21,24). The van der Waals surface area contributed by atoms with Gasteiger partial charge in [-0.05, 0) is 31.9 Å². The highest BCUT2D eigenvalue weighted by Crippen LogP contribution is 2.33. The SMILES string of the molecule is Cc1cc(=O)c(C(=O)N2CCCC(Nc3ccc4c(c3)OCCO4)C2)c[nH]1. The average Bonchev–Trinajstić information content (AvgIpc) is 2.68. The van der Waals surface area contributed by atoms with Crippen LogP contribution in [0.4, 0.5) is 5.69 Å². The Morgan fingerprint density at radius 1 is 1.22 bits per heavy atom. The molecule has 1 saturated heterocycles. The maximum atomic E-state index is 12.8. The fourth-order valence-electron chi connectivity index (χ4n) is 3.56. The molecule has 1 aromatic carbocycles. The van der Waals surface area contributed by atoms with Gasteiger partial charge in [0.15, 0.2) is 16.9 Å². The summed E-state index contributed by atoms with van der Waals surface area (Å²) in [6.45, 7) is 4.13. The summed E-state index contributed by atoms with van der Waals surface area (Å²) in [5.74, 6) is 1.27. The summed E-state index contributed by atoms with van der Waals surface area (Å²) >= 11 is 0. The molecule has 3 heterocycles. The quantitative estimate of drug-likeness (QED) is 0.866. The third kappa shape index (κ3) is 3.77. The Morgan fingerprint density at radius 3 is 2.85 bits per heavy atom. The lowest BCUT2D eigenvalue weighted by molar-refractivity contribution is 0.0713. The van der Waals surface area contributed by atoms with Crippen molar-refractivity contribution in [2.75, 3.05) is 31.6 Å². The number of carbonyl (C=O) groups is 1. The molecule has 1 atom stereocenters. The topological polar surface area (TPSA) is 83.7 Å². The van der Waals surface area contributed by atoms with Crippen LogP contribution < -0.4 is 20.2 Å². The van der Waals surface area contributed by atoms with Gasteiger partial charge < -0.3 is 24.7 Å². The molecule has 0 spiro atoms. The van der Waals surface area contributed by atoms with Gasteiger partial charge in [-0.15, -0.1) is 0 Å². The smallest absolute Gasteiger partial charge is 0.259 e. The lowest BCUT2D eigenvalue weighted by atomic mass is 10.0. The summed E-state index contributed by atoms with van der Waals surface area (Å²) in [4.78, 5) is 29.6. The number of nitrogens with one attached hydrogen (secondary N) is 2. The number of aromatic amines is 1. The number of carbonyl (C=O) groups excluding carboxylic acids is 1. The number of piperidine rings is 1. The largest absolute Gasteiger partial charge is 0.486 e. The number of rotatable bonds is 3. The number of aromatic nitrogens is 1. The first-order valence-electron chi connectivity index (χ1n) is 9.25. The average molecular weight is 369 g/mol. The van der Waals surface area contributed by atoms with E-state index < -0.39 is 0 Å². The Kier molecular flexibility index (Phi) is 4.75. The van der Waals surface area contributed by atoms with Crippen LogP contribution in [0.5, 0.6) is 11.5 Å². The minimum atomic E-state index is -0.238. The van der Waals surface area contributed by atoms with Crippen LogP contribution in [-0.4, -0.2) is 48.1 Å². The zero-order valence-electron chi connectivity index (χ0n) is 15.3. The van der Waals surface area contributed by atoms with Gasteiger partial charge in [-0.1, -0.05) is 0 Å². The van der Waals surface area contributed by atoms with Gasteiger partial charge in [-0.25, -0.2) is 0 Å². The number of anilines is 1. The van der Waals surface area contributed by atoms with Crippen molar-refractivity contribution in [2.45, 2.75) is 25.8 Å². The molecule has 0 bridgehead atoms. The summed E-state index contributed by atoms with van der Waals surface area (Å²) in [6.07, 6.45) is 3.36. The second-order valence-electron chi connectivity index (χ2n) is 6.99. The van der Waals surface area contributed by atoms with Crippen LogP contribution in [-0.2, 0) is 0 Å². The van der Waals surface area contributed by atoms with Crippen molar-refractivity contribution in [2.24, 2.45) is 0 Å². The summed E-state index contributed by atoms with van der Waals surface area (Å²) < 4.78 is 11.2. The van der Waals surface area contributed by atoms with E-state index in [2.05, 4.69) is 10.3 Å². The van der Waals surface area contributed by atoms with Crippen LogP contribution in [0, 0.1) is 6.92 Å². The molecule has 0 radical (unpaired) electrons. The Hall–Kier alpha value is -2.96. The Bertz CT molecular complexity index is 908. The van der Waals surface area contributed by atoms with Gasteiger partial charge in [-0.3, -0.25) is 9.59 Å². The van der Waals surface area contributed by atoms with Crippen molar-refractivity contribution in [3.8, 4) is 11.5 Å². The highest BCUT2D eigenvalue weighted by molar-refractivity contribution is 5.94. The number of nitrogens with zero attached hydrogens (tertiary/aromatic N) is 1. The predicted molar refractivity (Wildman–Crippen MR) is 102 cm³/mol. The van der Waals surface area contributed by atoms with E-state index in [1.54, 1.807) is 11.8 Å². The van der Waals surface area contributed by atoms with Crippen LogP contribution in [0.15, 0.2) is 35.3 Å². The van der Waals surface area contributed by atoms with Gasteiger partial charge >= 0.3 is 0 Å². The molecule has 142 valence electrons. The molecular formula is C20H23N3O4. The van der Waals surface area contributed by atoms with Crippen molar-refractivity contribution in [3.05, 3.63) is 51.9 Å². The summed E-state index contributed by atoms with van der Waals surface area (Å²) in [5, 5.41) is 3.48. The van der Waals surface area contributed by atoms with Gasteiger partial charge in [0.2, 0.25) is 0 Å². The zero-order chi connectivity index (χ0) is 18.8. The molecule has 4 rings (SSSR count). The maximum absolute atomic E-state index is 12.8. The number of ether oxygens (including phenoxy) is 2. The molecule has 1 aromatic heterocycles. The first-order chi connectivity index (χ1) is 13.1. The van der Waals surface area contributed by atoms with Crippen molar-refractivity contribution in [1.29, 1.82) is 0 Å². The first-order valence-corrected chi connectivity index (χ1v) is 9.25. The highest BCUT2D eigenvalue weighted by Gasteiger charge is 2.26. The number of amides is 1. The van der Waals surface area contributed by atoms with Crippen molar-refractivity contribution >= 4 is 11.6 Å². The van der Waals surface area contributed by atoms with E-state index in [0.717, 1.165) is 35.7 Å². The molecule has 2 N–H and O–H groups in total. The maximum Gasteiger partial charge on any atom is 0.259 e. The van der Waals surface area contributed by atoms with E-state index >= 15 is 0 Å². The Labute approximate surface area is 157 Å². The van der Waals surface area contributed by atoms with Crippen LogP contribution in [0.3, 0.4) is 0 Å². The van der Waals surface area contributed by atoms with Gasteiger partial charge in [0.25, 0.3) is 5.91 Å². The number of hydrogen-bond acceptors (Lipinski definition) is 5. The van der Waals surface area contributed by atoms with E-state index in [1.807, 2.05) is 18.2 Å². The molecule has 27 heavy (non-hydrogen) atoms. The predicted octanol–water partition coefficient (Wildman–Crippen LogP) is 2.17. The fraction of sp³-hybridized carbons (Fsp3) is 0.400. The minimum absolute atomic E-state index is 0.120. The molecule has 2 aromatic rings. The van der Waals surface area contributed by atoms with Gasteiger partial charge in [0, 0.05) is 48.8 Å². The number of H-pyrrole nitrogens is 1. The van der Waals surface area contributed by atoms with Crippen LogP contribution in [0.2, 0.25) is 0 Å². The molecule has 0 aliphatic carbocycles. The van der Waals surface area contributed by atoms with E-state index in [9.17, 15) is 9.59 Å². The Morgan fingerprint density at radius 2 is 2.04 bits per heavy atom. The van der Waals surface area contributed by atoms with Crippen molar-refractivity contribution in [3.63, 3.8) is 0 Å². The summed E-state index contributed by atoms with van der Waals surface area (Å²) in [6, 6.07) is 7.37. The fourth-order valence-corrected chi connectivity index (χ4v) is 3.56. The van der Waals surface area contributed by atoms with Gasteiger partial charge in [-0.2, -0.15) is 0 Å². The van der Waals surface area contributed by atoms with Crippen molar-refractivity contribution in [1.82, 2.24) is 9.88 Å². The molecule has 1 fully saturated rings. The van der Waals surface area contributed by atoms with Crippen LogP contribution in [0.1, 0.15) is 28.9 Å². The second kappa shape index (κ2) is 7.34. The Balaban J connectivity index is 1.45. The second-order valence-corrected chi connectivity index (χ2v) is 6.99. The van der Waals surface area contributed by atoms with Crippen LogP contribution in [0.25, 0.3) is 0 Å². The summed E-state index contributed by atoms with van der Waals surface area (Å²) in [7, 11) is 0. The van der Waals surface area contributed by atoms with E-state index in [4.69, 9.17) is 9.47 Å². The highest BCUT2D eigenvalue weighted by atomic mass is 16.6. The lowest BCUT2D eigenvalue weighted by Gasteiger charge is -2.33. The number of hydrogen-bond donors (Lipinski definition) is 2. The lowest BCUT2D eigenvalue weighted by Crippen LogP contribution is -2.46. The van der Waals surface area contributed by atoms with Crippen molar-refractivity contribution < 1.29 is 14.3 Å². The van der Waals surface area contributed by atoms with Crippen LogP contribution >= 0.6 is 0 Å². The number of benzene rings is 1. The molecule has 7 nitrogen and oxygen atoms in total. The molecule has 2 aliphatic rings.